The lowest BCUT2D eigenvalue weighted by Crippen LogP contribution is -2.37. The SMILES string of the molecule is C[C@H](Oc1ccc(Cl)cc1)C(=O)NCCSCc1c(F)cccc1Cl. The lowest BCUT2D eigenvalue weighted by atomic mass is 10.2. The molecule has 1 N–H and O–H groups in total. The van der Waals surface area contributed by atoms with Gasteiger partial charge in [0.15, 0.2) is 6.10 Å². The number of ether oxygens (including phenoxy) is 1. The van der Waals surface area contributed by atoms with Crippen LogP contribution in [0, 0.1) is 5.82 Å². The summed E-state index contributed by atoms with van der Waals surface area (Å²) in [6, 6.07) is 11.4. The number of benzene rings is 2. The molecule has 0 saturated heterocycles. The van der Waals surface area contributed by atoms with Crippen molar-refractivity contribution >= 4 is 40.9 Å². The van der Waals surface area contributed by atoms with Gasteiger partial charge >= 0.3 is 0 Å². The molecule has 0 spiro atoms. The van der Waals surface area contributed by atoms with Gasteiger partial charge in [-0.2, -0.15) is 11.8 Å². The maximum Gasteiger partial charge on any atom is 0.260 e. The lowest BCUT2D eigenvalue weighted by Gasteiger charge is -2.14. The van der Waals surface area contributed by atoms with E-state index in [-0.39, 0.29) is 11.7 Å². The summed E-state index contributed by atoms with van der Waals surface area (Å²) in [5.74, 6) is 1.16. The molecule has 134 valence electrons. The van der Waals surface area contributed by atoms with Crippen molar-refractivity contribution < 1.29 is 13.9 Å². The van der Waals surface area contributed by atoms with Crippen LogP contribution in [-0.4, -0.2) is 24.3 Å². The molecular weight excluding hydrogens is 384 g/mol. The predicted octanol–water partition coefficient (Wildman–Crippen LogP) is 4.95. The highest BCUT2D eigenvalue weighted by Crippen LogP contribution is 2.23. The topological polar surface area (TPSA) is 38.3 Å². The van der Waals surface area contributed by atoms with E-state index in [0.717, 1.165) is 0 Å². The van der Waals surface area contributed by atoms with Gasteiger partial charge in [-0.05, 0) is 43.3 Å². The van der Waals surface area contributed by atoms with Crippen LogP contribution in [0.4, 0.5) is 4.39 Å². The zero-order valence-corrected chi connectivity index (χ0v) is 15.9. The van der Waals surface area contributed by atoms with Crippen LogP contribution in [0.5, 0.6) is 5.75 Å². The second-order valence-corrected chi connectivity index (χ2v) is 7.21. The van der Waals surface area contributed by atoms with Gasteiger partial charge in [0.2, 0.25) is 0 Å². The first-order valence-electron chi connectivity index (χ1n) is 7.68. The highest BCUT2D eigenvalue weighted by atomic mass is 35.5. The molecule has 0 bridgehead atoms. The molecular formula is C18H18Cl2FNO2S. The van der Waals surface area contributed by atoms with Crippen molar-refractivity contribution in [1.29, 1.82) is 0 Å². The van der Waals surface area contributed by atoms with Crippen LogP contribution in [0.15, 0.2) is 42.5 Å². The minimum absolute atomic E-state index is 0.209. The van der Waals surface area contributed by atoms with E-state index >= 15 is 0 Å². The average Bonchev–Trinajstić information content (AvgIpc) is 2.58. The molecule has 0 aliphatic heterocycles. The summed E-state index contributed by atoms with van der Waals surface area (Å²) in [5.41, 5.74) is 0.486. The van der Waals surface area contributed by atoms with Gasteiger partial charge in [0.05, 0.1) is 0 Å². The smallest absolute Gasteiger partial charge is 0.260 e. The van der Waals surface area contributed by atoms with Gasteiger partial charge in [0.1, 0.15) is 11.6 Å². The second-order valence-electron chi connectivity index (χ2n) is 5.26. The molecule has 2 aromatic carbocycles. The van der Waals surface area contributed by atoms with Gasteiger partial charge in [-0.25, -0.2) is 4.39 Å². The summed E-state index contributed by atoms with van der Waals surface area (Å²) >= 11 is 13.3. The first kappa shape index (κ1) is 19.9. The van der Waals surface area contributed by atoms with Crippen molar-refractivity contribution in [1.82, 2.24) is 5.32 Å². The van der Waals surface area contributed by atoms with Crippen molar-refractivity contribution in [3.63, 3.8) is 0 Å². The molecule has 2 rings (SSSR count). The first-order valence-corrected chi connectivity index (χ1v) is 9.59. The number of carbonyl (C=O) groups excluding carboxylic acids is 1. The molecule has 0 radical (unpaired) electrons. The van der Waals surface area contributed by atoms with Crippen LogP contribution in [0.2, 0.25) is 10.0 Å². The van der Waals surface area contributed by atoms with Gasteiger partial charge < -0.3 is 10.1 Å². The Labute approximate surface area is 160 Å². The molecule has 3 nitrogen and oxygen atoms in total. The van der Waals surface area contributed by atoms with Crippen LogP contribution in [0.3, 0.4) is 0 Å². The summed E-state index contributed by atoms with van der Waals surface area (Å²) in [6.07, 6.45) is -0.618. The van der Waals surface area contributed by atoms with E-state index in [1.165, 1.54) is 17.8 Å². The van der Waals surface area contributed by atoms with E-state index in [1.807, 2.05) is 0 Å². The van der Waals surface area contributed by atoms with Gasteiger partial charge in [-0.1, -0.05) is 29.3 Å². The van der Waals surface area contributed by atoms with Crippen LogP contribution >= 0.6 is 35.0 Å². The molecule has 0 fully saturated rings. The fourth-order valence-corrected chi connectivity index (χ4v) is 3.33. The van der Waals surface area contributed by atoms with Crippen LogP contribution in [-0.2, 0) is 10.5 Å². The number of halogens is 3. The van der Waals surface area contributed by atoms with Gasteiger partial charge in [-0.15, -0.1) is 0 Å². The predicted molar refractivity (Wildman–Crippen MR) is 102 cm³/mol. The summed E-state index contributed by atoms with van der Waals surface area (Å²) < 4.78 is 19.2. The number of nitrogens with one attached hydrogen (secondary N) is 1. The van der Waals surface area contributed by atoms with Crippen LogP contribution < -0.4 is 10.1 Å². The number of hydrogen-bond donors (Lipinski definition) is 1. The number of carbonyl (C=O) groups is 1. The Bertz CT molecular complexity index is 692. The quantitative estimate of drug-likeness (QED) is 0.635. The fourth-order valence-electron chi connectivity index (χ4n) is 2.01. The van der Waals surface area contributed by atoms with E-state index in [0.29, 0.717) is 39.4 Å². The number of rotatable bonds is 8. The summed E-state index contributed by atoms with van der Waals surface area (Å²) in [5, 5.41) is 3.82. The lowest BCUT2D eigenvalue weighted by molar-refractivity contribution is -0.127. The molecule has 0 aromatic heterocycles. The molecule has 7 heteroatoms. The van der Waals surface area contributed by atoms with E-state index in [2.05, 4.69) is 5.32 Å². The van der Waals surface area contributed by atoms with Crippen LogP contribution in [0.1, 0.15) is 12.5 Å². The molecule has 0 saturated carbocycles. The Morgan fingerprint density at radius 3 is 2.64 bits per heavy atom. The molecule has 0 aliphatic carbocycles. The standard InChI is InChI=1S/C18H18Cl2FNO2S/c1-12(24-14-7-5-13(19)6-8-14)18(23)22-9-10-25-11-15-16(20)3-2-4-17(15)21/h2-8,12H,9-11H2,1H3,(H,22,23)/t12-/m0/s1. The first-order chi connectivity index (χ1) is 12.0. The van der Waals surface area contributed by atoms with E-state index in [9.17, 15) is 9.18 Å². The number of thioether (sulfide) groups is 1. The normalized spacial score (nSPS) is 11.8. The molecule has 1 atom stereocenters. The van der Waals surface area contributed by atoms with Gasteiger partial charge in [0.25, 0.3) is 5.91 Å². The molecule has 0 heterocycles. The van der Waals surface area contributed by atoms with Crippen molar-refractivity contribution in [3.8, 4) is 5.75 Å². The third-order valence-corrected chi connectivity index (χ3v) is 4.94. The minimum atomic E-state index is -0.618. The van der Waals surface area contributed by atoms with Crippen LogP contribution in [0.25, 0.3) is 0 Å². The maximum atomic E-state index is 13.6. The maximum absolute atomic E-state index is 13.6. The highest BCUT2D eigenvalue weighted by Gasteiger charge is 2.14. The van der Waals surface area contributed by atoms with E-state index < -0.39 is 6.10 Å². The monoisotopic (exact) mass is 401 g/mol. The summed E-state index contributed by atoms with van der Waals surface area (Å²) in [7, 11) is 0. The zero-order valence-electron chi connectivity index (χ0n) is 13.6. The third-order valence-electron chi connectivity index (χ3n) is 3.35. The molecule has 0 aliphatic rings. The van der Waals surface area contributed by atoms with Crippen molar-refractivity contribution in [2.24, 2.45) is 0 Å². The Balaban J connectivity index is 1.68. The number of hydrogen-bond acceptors (Lipinski definition) is 3. The molecule has 25 heavy (non-hydrogen) atoms. The van der Waals surface area contributed by atoms with E-state index in [4.69, 9.17) is 27.9 Å². The Kier molecular flexibility index (Phi) is 7.88. The second kappa shape index (κ2) is 9.90. The van der Waals surface area contributed by atoms with Crippen molar-refractivity contribution in [2.45, 2.75) is 18.8 Å². The third kappa shape index (κ3) is 6.42. The summed E-state index contributed by atoms with van der Waals surface area (Å²) in [6.45, 7) is 2.14. The van der Waals surface area contributed by atoms with Gasteiger partial charge in [-0.3, -0.25) is 4.79 Å². The fraction of sp³-hybridized carbons (Fsp3) is 0.278. The Morgan fingerprint density at radius 1 is 1.24 bits per heavy atom. The minimum Gasteiger partial charge on any atom is -0.481 e. The van der Waals surface area contributed by atoms with E-state index in [1.54, 1.807) is 43.3 Å². The molecule has 0 unspecified atom stereocenters. The largest absolute Gasteiger partial charge is 0.481 e. The molecule has 1 amide bonds. The van der Waals surface area contributed by atoms with Crippen molar-refractivity contribution in [3.05, 3.63) is 63.9 Å². The average molecular weight is 402 g/mol. The zero-order chi connectivity index (χ0) is 18.2. The molecule has 2 aromatic rings. The summed E-state index contributed by atoms with van der Waals surface area (Å²) in [4.78, 5) is 12.0. The highest BCUT2D eigenvalue weighted by molar-refractivity contribution is 7.98. The van der Waals surface area contributed by atoms with Gasteiger partial charge in [0, 0.05) is 33.7 Å². The Hall–Kier alpha value is -1.43. The number of amides is 1. The Morgan fingerprint density at radius 2 is 1.96 bits per heavy atom. The van der Waals surface area contributed by atoms with Crippen molar-refractivity contribution in [2.75, 3.05) is 12.3 Å².